The van der Waals surface area contributed by atoms with Crippen LogP contribution in [0.3, 0.4) is 0 Å². The third kappa shape index (κ3) is 10.4. The molecule has 0 saturated carbocycles. The van der Waals surface area contributed by atoms with E-state index in [9.17, 15) is 33.0 Å². The Balaban J connectivity index is 1.68. The zero-order chi connectivity index (χ0) is 37.9. The molecule has 282 valence electrons. The second-order valence-electron chi connectivity index (χ2n) is 13.1. The first kappa shape index (κ1) is 40.9. The Labute approximate surface area is 315 Å². The normalized spacial score (nSPS) is 15.8. The molecule has 1 heterocycles. The molecule has 11 nitrogen and oxygen atoms in total. The Kier molecular flexibility index (Phi) is 14.7. The fraction of sp³-hybridized carbons (Fsp3) is 0.447. The van der Waals surface area contributed by atoms with Crippen LogP contribution in [0.4, 0.5) is 11.4 Å². The molecule has 4 N–H and O–H groups in total. The number of para-hydroxylation sites is 1. The molecule has 2 amide bonds. The average Bonchev–Trinajstić information content (AvgIpc) is 3.22. The Morgan fingerprint density at radius 1 is 0.962 bits per heavy atom. The summed E-state index contributed by atoms with van der Waals surface area (Å²) in [4.78, 5) is 41.4. The molecule has 0 bridgehead atoms. The van der Waals surface area contributed by atoms with E-state index in [1.165, 1.54) is 53.9 Å². The Bertz CT molecular complexity index is 1780. The molecule has 1 aliphatic heterocycles. The van der Waals surface area contributed by atoms with Crippen molar-refractivity contribution >= 4 is 62.5 Å². The van der Waals surface area contributed by atoms with E-state index >= 15 is 0 Å². The van der Waals surface area contributed by atoms with Gasteiger partial charge >= 0.3 is 5.97 Å². The van der Waals surface area contributed by atoms with Crippen molar-refractivity contribution in [2.45, 2.75) is 74.2 Å². The fourth-order valence-electron chi connectivity index (χ4n) is 6.49. The van der Waals surface area contributed by atoms with Crippen LogP contribution in [0.25, 0.3) is 0 Å². The third-order valence-corrected chi connectivity index (χ3v) is 12.6. The number of hydrogen-bond acceptors (Lipinski definition) is 10. The number of unbranched alkanes of at least 4 members (excludes halogenated alkanes) is 2. The highest BCUT2D eigenvalue weighted by Crippen LogP contribution is 2.47. The highest BCUT2D eigenvalue weighted by molar-refractivity contribution is 7.99. The lowest BCUT2D eigenvalue weighted by Crippen LogP contribution is -2.49. The standard InChI is InChI=1S/C38H49N3O8S3/c1-5-7-18-38(19-8-6-2)24-41(27-12-10-9-11-13-27)30-20-32(51-4)31(21-33(30)52(47,48)25-38)49-22-34(43)40-35(26-14-16-28(42)17-15-26)36(44)39-29(23-50-3)37(45)46/h9-17,20-21,29,35,42H,5-8,18-19,22-25H2,1-4H3,(H,39,44)(H,40,43)(H,45,46). The van der Waals surface area contributed by atoms with Crippen molar-refractivity contribution in [1.82, 2.24) is 10.6 Å². The number of carboxylic acid groups (broad SMARTS) is 1. The minimum absolute atomic E-state index is 0.00777. The summed E-state index contributed by atoms with van der Waals surface area (Å²) in [6.45, 7) is 4.22. The number of rotatable bonds is 18. The lowest BCUT2D eigenvalue weighted by molar-refractivity contribution is -0.141. The average molecular weight is 772 g/mol. The maximum Gasteiger partial charge on any atom is 0.327 e. The minimum atomic E-state index is -3.82. The van der Waals surface area contributed by atoms with Gasteiger partial charge in [-0.1, -0.05) is 69.9 Å². The zero-order valence-corrected chi connectivity index (χ0v) is 32.5. The van der Waals surface area contributed by atoms with Crippen LogP contribution < -0.4 is 20.3 Å². The number of thioether (sulfide) groups is 2. The molecule has 3 aromatic carbocycles. The van der Waals surface area contributed by atoms with Crippen LogP contribution in [0.1, 0.15) is 64.0 Å². The first-order valence-electron chi connectivity index (χ1n) is 17.4. The number of nitrogens with zero attached hydrogens (tertiary/aromatic N) is 1. The van der Waals surface area contributed by atoms with Crippen molar-refractivity contribution in [2.24, 2.45) is 5.41 Å². The van der Waals surface area contributed by atoms with Crippen molar-refractivity contribution in [2.75, 3.05) is 42.1 Å². The SMILES string of the molecule is CCCCC1(CCCC)CN(c2ccccc2)c2cc(SC)c(OCC(=O)NC(C(=O)NC(CSC)C(=O)O)c3ccc(O)cc3)cc2S(=O)(=O)C1. The lowest BCUT2D eigenvalue weighted by Gasteiger charge is -2.37. The number of aliphatic carboxylic acids is 1. The van der Waals surface area contributed by atoms with E-state index in [1.54, 1.807) is 6.26 Å². The predicted octanol–water partition coefficient (Wildman–Crippen LogP) is 6.58. The van der Waals surface area contributed by atoms with E-state index in [2.05, 4.69) is 29.4 Å². The monoisotopic (exact) mass is 771 g/mol. The Morgan fingerprint density at radius 2 is 1.62 bits per heavy atom. The Morgan fingerprint density at radius 3 is 2.19 bits per heavy atom. The van der Waals surface area contributed by atoms with Crippen molar-refractivity contribution in [3.8, 4) is 11.5 Å². The number of sulfone groups is 1. The van der Waals surface area contributed by atoms with Crippen molar-refractivity contribution in [3.05, 3.63) is 72.3 Å². The number of hydrogen-bond donors (Lipinski definition) is 4. The van der Waals surface area contributed by atoms with Gasteiger partial charge < -0.3 is 30.5 Å². The number of amides is 2. The molecular formula is C38H49N3O8S3. The van der Waals surface area contributed by atoms with Crippen molar-refractivity contribution in [1.29, 1.82) is 0 Å². The largest absolute Gasteiger partial charge is 0.508 e. The summed E-state index contributed by atoms with van der Waals surface area (Å²) in [6, 6.07) is 16.2. The molecule has 0 aliphatic carbocycles. The van der Waals surface area contributed by atoms with Crippen LogP contribution in [0.2, 0.25) is 0 Å². The molecule has 52 heavy (non-hydrogen) atoms. The van der Waals surface area contributed by atoms with Crippen LogP contribution >= 0.6 is 23.5 Å². The number of phenols is 1. The number of nitrogens with one attached hydrogen (secondary N) is 2. The van der Waals surface area contributed by atoms with Gasteiger partial charge in [0.1, 0.15) is 23.6 Å². The minimum Gasteiger partial charge on any atom is -0.508 e. The highest BCUT2D eigenvalue weighted by atomic mass is 32.2. The van der Waals surface area contributed by atoms with Crippen LogP contribution in [-0.4, -0.2) is 79.6 Å². The number of carbonyl (C=O) groups excluding carboxylic acids is 2. The molecule has 4 rings (SSSR count). The summed E-state index contributed by atoms with van der Waals surface area (Å²) in [6.07, 6.45) is 8.84. The molecule has 0 saturated heterocycles. The summed E-state index contributed by atoms with van der Waals surface area (Å²) in [5.41, 5.74) is 1.29. The van der Waals surface area contributed by atoms with Gasteiger partial charge in [0.25, 0.3) is 5.91 Å². The quantitative estimate of drug-likeness (QED) is 0.104. The second kappa shape index (κ2) is 18.7. The van der Waals surface area contributed by atoms with Gasteiger partial charge in [0.15, 0.2) is 16.4 Å². The van der Waals surface area contributed by atoms with Crippen LogP contribution in [0, 0.1) is 5.41 Å². The van der Waals surface area contributed by atoms with E-state index in [1.807, 2.05) is 42.7 Å². The number of phenolic OH excluding ortho intramolecular Hbond substituents is 1. The molecule has 0 radical (unpaired) electrons. The maximum absolute atomic E-state index is 14.4. The van der Waals surface area contributed by atoms with Gasteiger partial charge in [-0.2, -0.15) is 11.8 Å². The number of ether oxygens (including phenoxy) is 1. The van der Waals surface area contributed by atoms with E-state index in [0.29, 0.717) is 22.7 Å². The summed E-state index contributed by atoms with van der Waals surface area (Å²) in [5, 5.41) is 24.5. The third-order valence-electron chi connectivity index (χ3n) is 9.15. The number of aromatic hydroxyl groups is 1. The molecule has 2 unspecified atom stereocenters. The van der Waals surface area contributed by atoms with E-state index in [-0.39, 0.29) is 27.9 Å². The van der Waals surface area contributed by atoms with Gasteiger partial charge in [0.05, 0.1) is 21.2 Å². The number of carbonyl (C=O) groups is 3. The molecule has 0 aromatic heterocycles. The van der Waals surface area contributed by atoms with Crippen molar-refractivity contribution in [3.63, 3.8) is 0 Å². The van der Waals surface area contributed by atoms with Gasteiger partial charge in [-0.05, 0) is 61.2 Å². The van der Waals surface area contributed by atoms with E-state index in [4.69, 9.17) is 4.74 Å². The predicted molar refractivity (Wildman–Crippen MR) is 208 cm³/mol. The molecule has 14 heteroatoms. The molecule has 0 spiro atoms. The summed E-state index contributed by atoms with van der Waals surface area (Å²) < 4.78 is 34.8. The fourth-order valence-corrected chi connectivity index (χ4v) is 9.71. The topological polar surface area (TPSA) is 162 Å². The molecular weight excluding hydrogens is 723 g/mol. The number of anilines is 2. The lowest BCUT2D eigenvalue weighted by atomic mass is 9.79. The number of benzene rings is 3. The first-order valence-corrected chi connectivity index (χ1v) is 21.6. The summed E-state index contributed by atoms with van der Waals surface area (Å²) in [5.74, 6) is -2.40. The van der Waals surface area contributed by atoms with Crippen molar-refractivity contribution < 1.29 is 37.8 Å². The number of fused-ring (bicyclic) bond motifs is 1. The molecule has 3 aromatic rings. The number of carboxylic acids is 1. The summed E-state index contributed by atoms with van der Waals surface area (Å²) in [7, 11) is -3.82. The maximum atomic E-state index is 14.4. The Hall–Kier alpha value is -3.88. The highest BCUT2D eigenvalue weighted by Gasteiger charge is 2.42. The van der Waals surface area contributed by atoms with Crippen LogP contribution in [0.5, 0.6) is 11.5 Å². The van der Waals surface area contributed by atoms with Gasteiger partial charge in [0.2, 0.25) is 5.91 Å². The molecule has 2 atom stereocenters. The van der Waals surface area contributed by atoms with Crippen LogP contribution in [-0.2, 0) is 24.2 Å². The second-order valence-corrected chi connectivity index (χ2v) is 16.8. The smallest absolute Gasteiger partial charge is 0.327 e. The summed E-state index contributed by atoms with van der Waals surface area (Å²) >= 11 is 2.60. The molecule has 1 aliphatic rings. The van der Waals surface area contributed by atoms with E-state index < -0.39 is 51.7 Å². The van der Waals surface area contributed by atoms with Gasteiger partial charge in [-0.15, -0.1) is 11.8 Å². The van der Waals surface area contributed by atoms with E-state index in [0.717, 1.165) is 44.2 Å². The van der Waals surface area contributed by atoms with Gasteiger partial charge in [0, 0.05) is 29.5 Å². The van der Waals surface area contributed by atoms with Gasteiger partial charge in [-0.3, -0.25) is 9.59 Å². The van der Waals surface area contributed by atoms with Crippen LogP contribution in [0.15, 0.2) is 76.5 Å². The first-order chi connectivity index (χ1) is 24.9. The zero-order valence-electron chi connectivity index (χ0n) is 30.1. The molecule has 0 fully saturated rings. The van der Waals surface area contributed by atoms with Gasteiger partial charge in [-0.25, -0.2) is 13.2 Å².